The van der Waals surface area contributed by atoms with Crippen LogP contribution in [0, 0.1) is 0 Å². The maximum absolute atomic E-state index is 12.7. The predicted octanol–water partition coefficient (Wildman–Crippen LogP) is 3.11. The number of anilines is 1. The Morgan fingerprint density at radius 3 is 2.28 bits per heavy atom. The summed E-state index contributed by atoms with van der Waals surface area (Å²) in [5.41, 5.74) is -0.448. The van der Waals surface area contributed by atoms with Gasteiger partial charge < -0.3 is 9.80 Å². The first-order chi connectivity index (χ1) is 11.8. The summed E-state index contributed by atoms with van der Waals surface area (Å²) < 4.78 is 38.2. The van der Waals surface area contributed by atoms with E-state index in [0.29, 0.717) is 36.8 Å². The molecule has 1 saturated heterocycles. The molecule has 0 spiro atoms. The SMILES string of the molecule is O=C(c1ccc(Cl)cc1)N1CCN(c2cc(C(F)(F)F)ncn2)CC1. The summed E-state index contributed by atoms with van der Waals surface area (Å²) in [5.74, 6) is 0.0795. The van der Waals surface area contributed by atoms with Gasteiger partial charge in [-0.05, 0) is 24.3 Å². The van der Waals surface area contributed by atoms with Crippen molar-refractivity contribution in [1.82, 2.24) is 14.9 Å². The molecule has 1 aromatic carbocycles. The van der Waals surface area contributed by atoms with Gasteiger partial charge in [0.2, 0.25) is 0 Å². The summed E-state index contributed by atoms with van der Waals surface area (Å²) in [5, 5.41) is 0.547. The molecule has 0 bridgehead atoms. The van der Waals surface area contributed by atoms with Crippen molar-refractivity contribution in [2.24, 2.45) is 0 Å². The highest BCUT2D eigenvalue weighted by Crippen LogP contribution is 2.29. The van der Waals surface area contributed by atoms with Crippen molar-refractivity contribution >= 4 is 23.3 Å². The van der Waals surface area contributed by atoms with E-state index in [2.05, 4.69) is 9.97 Å². The molecular weight excluding hydrogens is 357 g/mol. The van der Waals surface area contributed by atoms with Gasteiger partial charge in [0.25, 0.3) is 5.91 Å². The van der Waals surface area contributed by atoms with Crippen molar-refractivity contribution in [3.8, 4) is 0 Å². The second-order valence-electron chi connectivity index (χ2n) is 5.55. The molecule has 2 aromatic rings. The lowest BCUT2D eigenvalue weighted by Crippen LogP contribution is -2.49. The molecule has 0 saturated carbocycles. The first-order valence-corrected chi connectivity index (χ1v) is 7.91. The number of alkyl halides is 3. The van der Waals surface area contributed by atoms with Gasteiger partial charge in [-0.15, -0.1) is 0 Å². The molecule has 0 unspecified atom stereocenters. The molecule has 25 heavy (non-hydrogen) atoms. The predicted molar refractivity (Wildman–Crippen MR) is 86.6 cm³/mol. The number of hydrogen-bond donors (Lipinski definition) is 0. The topological polar surface area (TPSA) is 49.3 Å². The molecule has 1 aliphatic rings. The first-order valence-electron chi connectivity index (χ1n) is 7.53. The van der Waals surface area contributed by atoms with E-state index in [1.165, 1.54) is 0 Å². The fraction of sp³-hybridized carbons (Fsp3) is 0.312. The van der Waals surface area contributed by atoms with Crippen LogP contribution in [0.25, 0.3) is 0 Å². The van der Waals surface area contributed by atoms with Gasteiger partial charge in [-0.3, -0.25) is 4.79 Å². The van der Waals surface area contributed by atoms with Crippen molar-refractivity contribution in [3.63, 3.8) is 0 Å². The second kappa shape index (κ2) is 6.87. The molecule has 3 rings (SSSR count). The van der Waals surface area contributed by atoms with E-state index in [-0.39, 0.29) is 11.7 Å². The fourth-order valence-corrected chi connectivity index (χ4v) is 2.71. The number of carbonyl (C=O) groups is 1. The first kappa shape index (κ1) is 17.5. The monoisotopic (exact) mass is 370 g/mol. The number of halogens is 4. The number of amides is 1. The van der Waals surface area contributed by atoms with Crippen molar-refractivity contribution in [2.75, 3.05) is 31.1 Å². The standard InChI is InChI=1S/C16H14ClF3N4O/c17-12-3-1-11(2-4-12)15(25)24-7-5-23(6-8-24)14-9-13(16(18,19)20)21-10-22-14/h1-4,9-10H,5-8H2. The van der Waals surface area contributed by atoms with Crippen LogP contribution in [0.15, 0.2) is 36.7 Å². The zero-order valence-corrected chi connectivity index (χ0v) is 13.8. The number of benzene rings is 1. The number of piperazine rings is 1. The molecule has 9 heteroatoms. The average Bonchev–Trinajstić information content (AvgIpc) is 2.61. The summed E-state index contributed by atoms with van der Waals surface area (Å²) >= 11 is 5.81. The van der Waals surface area contributed by atoms with Crippen LogP contribution in [0.2, 0.25) is 5.02 Å². The maximum Gasteiger partial charge on any atom is 0.433 e. The summed E-state index contributed by atoms with van der Waals surface area (Å²) in [6.45, 7) is 1.58. The number of aromatic nitrogens is 2. The van der Waals surface area contributed by atoms with Gasteiger partial charge in [0.1, 0.15) is 17.8 Å². The van der Waals surface area contributed by atoms with Crippen LogP contribution >= 0.6 is 11.6 Å². The molecule has 0 radical (unpaired) electrons. The molecule has 1 aromatic heterocycles. The largest absolute Gasteiger partial charge is 0.433 e. The van der Waals surface area contributed by atoms with E-state index in [1.807, 2.05) is 0 Å². The Morgan fingerprint density at radius 2 is 1.68 bits per heavy atom. The molecule has 1 amide bonds. The van der Waals surface area contributed by atoms with Gasteiger partial charge in [0.15, 0.2) is 0 Å². The van der Waals surface area contributed by atoms with E-state index >= 15 is 0 Å². The molecule has 5 nitrogen and oxygen atoms in total. The van der Waals surface area contributed by atoms with Crippen molar-refractivity contribution in [2.45, 2.75) is 6.18 Å². The molecule has 0 N–H and O–H groups in total. The number of carbonyl (C=O) groups excluding carboxylic acids is 1. The highest BCUT2D eigenvalue weighted by atomic mass is 35.5. The molecule has 2 heterocycles. The molecule has 0 aliphatic carbocycles. The smallest absolute Gasteiger partial charge is 0.353 e. The van der Waals surface area contributed by atoms with E-state index < -0.39 is 11.9 Å². The minimum Gasteiger partial charge on any atom is -0.353 e. The molecule has 132 valence electrons. The van der Waals surface area contributed by atoms with Crippen LogP contribution in [0.5, 0.6) is 0 Å². The molecule has 1 aliphatic heterocycles. The van der Waals surface area contributed by atoms with E-state index in [1.54, 1.807) is 34.1 Å². The maximum atomic E-state index is 12.7. The lowest BCUT2D eigenvalue weighted by Gasteiger charge is -2.35. The van der Waals surface area contributed by atoms with Gasteiger partial charge in [-0.1, -0.05) is 11.6 Å². The lowest BCUT2D eigenvalue weighted by molar-refractivity contribution is -0.141. The van der Waals surface area contributed by atoms with Crippen LogP contribution in [0.3, 0.4) is 0 Å². The Kier molecular flexibility index (Phi) is 4.80. The number of rotatable bonds is 2. The van der Waals surface area contributed by atoms with Crippen LogP contribution < -0.4 is 4.90 Å². The third-order valence-corrected chi connectivity index (χ3v) is 4.18. The summed E-state index contributed by atoms with van der Waals surface area (Å²) in [7, 11) is 0. The van der Waals surface area contributed by atoms with Crippen molar-refractivity contribution in [1.29, 1.82) is 0 Å². The minimum absolute atomic E-state index is 0.130. The Balaban J connectivity index is 1.66. The number of nitrogens with zero attached hydrogens (tertiary/aromatic N) is 4. The molecular formula is C16H14ClF3N4O. The van der Waals surface area contributed by atoms with Crippen LogP contribution in [0.4, 0.5) is 19.0 Å². The highest BCUT2D eigenvalue weighted by molar-refractivity contribution is 6.30. The summed E-state index contributed by atoms with van der Waals surface area (Å²) in [4.78, 5) is 23.0. The summed E-state index contributed by atoms with van der Waals surface area (Å²) in [6.07, 6.45) is -3.60. The second-order valence-corrected chi connectivity index (χ2v) is 5.98. The lowest BCUT2D eigenvalue weighted by atomic mass is 10.2. The van der Waals surface area contributed by atoms with Crippen molar-refractivity contribution in [3.05, 3.63) is 52.9 Å². The van der Waals surface area contributed by atoms with E-state index in [4.69, 9.17) is 11.6 Å². The fourth-order valence-electron chi connectivity index (χ4n) is 2.59. The van der Waals surface area contributed by atoms with Gasteiger partial charge in [-0.2, -0.15) is 13.2 Å². The van der Waals surface area contributed by atoms with Gasteiger partial charge >= 0.3 is 6.18 Å². The quantitative estimate of drug-likeness (QED) is 0.815. The normalized spacial score (nSPS) is 15.4. The Bertz CT molecular complexity index is 759. The zero-order chi connectivity index (χ0) is 18.0. The van der Waals surface area contributed by atoms with Gasteiger partial charge in [0.05, 0.1) is 0 Å². The Labute approximate surface area is 147 Å². The molecule has 0 atom stereocenters. The van der Waals surface area contributed by atoms with Crippen LogP contribution in [-0.4, -0.2) is 47.0 Å². The van der Waals surface area contributed by atoms with Crippen molar-refractivity contribution < 1.29 is 18.0 Å². The van der Waals surface area contributed by atoms with E-state index in [9.17, 15) is 18.0 Å². The van der Waals surface area contributed by atoms with E-state index in [0.717, 1.165) is 12.4 Å². The zero-order valence-electron chi connectivity index (χ0n) is 13.0. The van der Waals surface area contributed by atoms with Crippen LogP contribution in [0.1, 0.15) is 16.1 Å². The number of hydrogen-bond acceptors (Lipinski definition) is 4. The van der Waals surface area contributed by atoms with Crippen LogP contribution in [-0.2, 0) is 6.18 Å². The third-order valence-electron chi connectivity index (χ3n) is 3.93. The van der Waals surface area contributed by atoms with Gasteiger partial charge in [0, 0.05) is 42.8 Å². The average molecular weight is 371 g/mol. The van der Waals surface area contributed by atoms with Gasteiger partial charge in [-0.25, -0.2) is 9.97 Å². The third kappa shape index (κ3) is 4.01. The Morgan fingerprint density at radius 1 is 1.04 bits per heavy atom. The summed E-state index contributed by atoms with van der Waals surface area (Å²) in [6, 6.07) is 7.51. The highest BCUT2D eigenvalue weighted by Gasteiger charge is 2.33. The minimum atomic E-state index is -4.51. The molecule has 1 fully saturated rings. The Hall–Kier alpha value is -2.35.